The van der Waals surface area contributed by atoms with Crippen molar-refractivity contribution in [3.8, 4) is 5.75 Å². The second-order valence-electron chi connectivity index (χ2n) is 4.92. The fraction of sp³-hybridized carbons (Fsp3) is 0.250. The molecule has 1 aliphatic rings. The highest BCUT2D eigenvalue weighted by Gasteiger charge is 2.16. The molecule has 2 aromatic rings. The summed E-state index contributed by atoms with van der Waals surface area (Å²) in [6, 6.07) is 11.8. The normalized spacial score (nSPS) is 15.3. The van der Waals surface area contributed by atoms with Gasteiger partial charge in [0.1, 0.15) is 11.9 Å². The Bertz CT molecular complexity index is 620. The van der Waals surface area contributed by atoms with Crippen molar-refractivity contribution in [1.29, 1.82) is 0 Å². The van der Waals surface area contributed by atoms with Gasteiger partial charge in [0, 0.05) is 8.95 Å². The lowest BCUT2D eigenvalue weighted by Crippen LogP contribution is -2.09. The second-order valence-corrected chi connectivity index (χ2v) is 6.76. The lowest BCUT2D eigenvalue weighted by Gasteiger charge is -2.20. The maximum atomic E-state index is 10.6. The molecule has 0 spiro atoms. The first-order chi connectivity index (χ1) is 9.63. The van der Waals surface area contributed by atoms with Gasteiger partial charge in [-0.25, -0.2) is 0 Å². The molecule has 0 bridgehead atoms. The van der Waals surface area contributed by atoms with Crippen LogP contribution >= 0.6 is 31.9 Å². The Morgan fingerprint density at radius 1 is 1.00 bits per heavy atom. The van der Waals surface area contributed by atoms with Crippen LogP contribution in [0.5, 0.6) is 5.75 Å². The third kappa shape index (κ3) is 2.92. The summed E-state index contributed by atoms with van der Waals surface area (Å²) in [6.07, 6.45) is 1.42. The molecule has 1 unspecified atom stereocenters. The minimum atomic E-state index is -0.629. The molecular weight excluding hydrogens is 384 g/mol. The van der Waals surface area contributed by atoms with Crippen LogP contribution in [0, 0.1) is 0 Å². The fourth-order valence-electron chi connectivity index (χ4n) is 2.48. The van der Waals surface area contributed by atoms with E-state index < -0.39 is 6.10 Å². The highest BCUT2D eigenvalue weighted by Crippen LogP contribution is 2.32. The maximum absolute atomic E-state index is 10.6. The standard InChI is InChI=1S/C16H14Br2O2/c17-13-7-12(8-14(18)9-13)16(19)11-3-4-15-10(6-11)2-1-5-20-15/h3-4,6-9,16,19H,1-2,5H2. The molecule has 4 heteroatoms. The molecule has 2 aromatic carbocycles. The molecule has 1 atom stereocenters. The summed E-state index contributed by atoms with van der Waals surface area (Å²) in [6.45, 7) is 0.785. The minimum Gasteiger partial charge on any atom is -0.493 e. The number of hydrogen-bond donors (Lipinski definition) is 1. The summed E-state index contributed by atoms with van der Waals surface area (Å²) in [4.78, 5) is 0. The van der Waals surface area contributed by atoms with E-state index in [4.69, 9.17) is 4.74 Å². The SMILES string of the molecule is OC(c1cc(Br)cc(Br)c1)c1ccc2c(c1)CCCO2. The summed E-state index contributed by atoms with van der Waals surface area (Å²) >= 11 is 6.91. The minimum absolute atomic E-state index is 0.629. The molecule has 0 aromatic heterocycles. The van der Waals surface area contributed by atoms with E-state index in [-0.39, 0.29) is 0 Å². The predicted octanol–water partition coefficient (Wildman–Crippen LogP) is 4.62. The van der Waals surface area contributed by atoms with Crippen molar-refractivity contribution in [3.05, 3.63) is 62.0 Å². The Kier molecular flexibility index (Phi) is 4.15. The van der Waals surface area contributed by atoms with E-state index in [0.717, 1.165) is 45.3 Å². The number of halogens is 2. The van der Waals surface area contributed by atoms with E-state index in [9.17, 15) is 5.11 Å². The van der Waals surface area contributed by atoms with Crippen LogP contribution in [0.1, 0.15) is 29.2 Å². The Morgan fingerprint density at radius 2 is 1.75 bits per heavy atom. The van der Waals surface area contributed by atoms with Crippen LogP contribution in [0.15, 0.2) is 45.3 Å². The number of aryl methyl sites for hydroxylation is 1. The van der Waals surface area contributed by atoms with Gasteiger partial charge in [-0.2, -0.15) is 0 Å². The first kappa shape index (κ1) is 14.1. The summed E-state index contributed by atoms with van der Waals surface area (Å²) in [7, 11) is 0. The van der Waals surface area contributed by atoms with Crippen molar-refractivity contribution in [2.24, 2.45) is 0 Å². The van der Waals surface area contributed by atoms with Crippen LogP contribution in [0.2, 0.25) is 0 Å². The summed E-state index contributed by atoms with van der Waals surface area (Å²) < 4.78 is 7.50. The van der Waals surface area contributed by atoms with Gasteiger partial charge in [-0.05, 0) is 59.9 Å². The number of ether oxygens (including phenoxy) is 1. The zero-order chi connectivity index (χ0) is 14.1. The molecule has 1 N–H and O–H groups in total. The largest absolute Gasteiger partial charge is 0.493 e. The van der Waals surface area contributed by atoms with Gasteiger partial charge >= 0.3 is 0 Å². The van der Waals surface area contributed by atoms with Gasteiger partial charge in [0.15, 0.2) is 0 Å². The molecule has 104 valence electrons. The van der Waals surface area contributed by atoms with E-state index in [0.29, 0.717) is 0 Å². The molecule has 0 radical (unpaired) electrons. The van der Waals surface area contributed by atoms with Crippen LogP contribution in [0.25, 0.3) is 0 Å². The van der Waals surface area contributed by atoms with E-state index in [1.807, 2.05) is 36.4 Å². The zero-order valence-corrected chi connectivity index (χ0v) is 13.9. The van der Waals surface area contributed by atoms with E-state index in [1.54, 1.807) is 0 Å². The molecular formula is C16H14Br2O2. The van der Waals surface area contributed by atoms with Gasteiger partial charge in [-0.3, -0.25) is 0 Å². The average molecular weight is 398 g/mol. The summed E-state index contributed by atoms with van der Waals surface area (Å²) in [5.41, 5.74) is 2.95. The number of benzene rings is 2. The van der Waals surface area contributed by atoms with Gasteiger partial charge in [0.2, 0.25) is 0 Å². The topological polar surface area (TPSA) is 29.5 Å². The third-order valence-corrected chi connectivity index (χ3v) is 4.36. The second kappa shape index (κ2) is 5.88. The van der Waals surface area contributed by atoms with Crippen LogP contribution in [-0.4, -0.2) is 11.7 Å². The highest BCUT2D eigenvalue weighted by atomic mass is 79.9. The van der Waals surface area contributed by atoms with E-state index in [1.165, 1.54) is 5.56 Å². The van der Waals surface area contributed by atoms with Gasteiger partial charge in [-0.15, -0.1) is 0 Å². The number of rotatable bonds is 2. The Balaban J connectivity index is 1.95. The van der Waals surface area contributed by atoms with Gasteiger partial charge in [0.05, 0.1) is 6.61 Å². The first-order valence-electron chi connectivity index (χ1n) is 6.53. The quantitative estimate of drug-likeness (QED) is 0.801. The summed E-state index contributed by atoms with van der Waals surface area (Å²) in [5, 5.41) is 10.6. The molecule has 1 aliphatic heterocycles. The van der Waals surface area contributed by atoms with Crippen molar-refractivity contribution < 1.29 is 9.84 Å². The zero-order valence-electron chi connectivity index (χ0n) is 10.8. The fourth-order valence-corrected chi connectivity index (χ4v) is 3.80. The predicted molar refractivity (Wildman–Crippen MR) is 86.2 cm³/mol. The number of hydrogen-bond acceptors (Lipinski definition) is 2. The van der Waals surface area contributed by atoms with Crippen molar-refractivity contribution in [3.63, 3.8) is 0 Å². The van der Waals surface area contributed by atoms with E-state index >= 15 is 0 Å². The molecule has 2 nitrogen and oxygen atoms in total. The highest BCUT2D eigenvalue weighted by molar-refractivity contribution is 9.11. The average Bonchev–Trinajstić information content (AvgIpc) is 2.45. The number of aliphatic hydroxyl groups is 1. The first-order valence-corrected chi connectivity index (χ1v) is 8.12. The van der Waals surface area contributed by atoms with Crippen molar-refractivity contribution in [2.75, 3.05) is 6.61 Å². The monoisotopic (exact) mass is 396 g/mol. The maximum Gasteiger partial charge on any atom is 0.122 e. The number of aliphatic hydroxyl groups excluding tert-OH is 1. The van der Waals surface area contributed by atoms with Crippen LogP contribution in [0.4, 0.5) is 0 Å². The lowest BCUT2D eigenvalue weighted by molar-refractivity contribution is 0.219. The Labute approximate surface area is 135 Å². The van der Waals surface area contributed by atoms with Crippen molar-refractivity contribution >= 4 is 31.9 Å². The van der Waals surface area contributed by atoms with Gasteiger partial charge in [-0.1, -0.05) is 37.9 Å². The smallest absolute Gasteiger partial charge is 0.122 e. The summed E-state index contributed by atoms with van der Waals surface area (Å²) in [5.74, 6) is 0.947. The molecule has 3 rings (SSSR count). The molecule has 0 fully saturated rings. The van der Waals surface area contributed by atoms with Gasteiger partial charge in [0.25, 0.3) is 0 Å². The molecule has 20 heavy (non-hydrogen) atoms. The molecule has 0 amide bonds. The van der Waals surface area contributed by atoms with Crippen molar-refractivity contribution in [2.45, 2.75) is 18.9 Å². The Morgan fingerprint density at radius 3 is 2.50 bits per heavy atom. The van der Waals surface area contributed by atoms with Crippen LogP contribution in [0.3, 0.4) is 0 Å². The molecule has 1 heterocycles. The van der Waals surface area contributed by atoms with Crippen LogP contribution < -0.4 is 4.74 Å². The molecule has 0 aliphatic carbocycles. The van der Waals surface area contributed by atoms with Gasteiger partial charge < -0.3 is 9.84 Å². The lowest BCUT2D eigenvalue weighted by atomic mass is 9.97. The molecule has 0 saturated heterocycles. The Hall–Kier alpha value is -0.840. The van der Waals surface area contributed by atoms with Crippen LogP contribution in [-0.2, 0) is 6.42 Å². The third-order valence-electron chi connectivity index (χ3n) is 3.45. The molecule has 0 saturated carbocycles. The van der Waals surface area contributed by atoms with Crippen molar-refractivity contribution in [1.82, 2.24) is 0 Å². The number of fused-ring (bicyclic) bond motifs is 1. The van der Waals surface area contributed by atoms with E-state index in [2.05, 4.69) is 31.9 Å².